The molecule has 1 aromatic carbocycles. The number of halogens is 2. The first-order valence-corrected chi connectivity index (χ1v) is 7.43. The summed E-state index contributed by atoms with van der Waals surface area (Å²) in [5.41, 5.74) is 0.633. The van der Waals surface area contributed by atoms with Crippen LogP contribution in [0, 0.1) is 5.82 Å². The number of carbonyl (C=O) groups excluding carboxylic acids is 1. The molecule has 2 heterocycles. The molecule has 1 atom stereocenters. The summed E-state index contributed by atoms with van der Waals surface area (Å²) in [6.45, 7) is 0.964. The third kappa shape index (κ3) is 4.07. The van der Waals surface area contributed by atoms with Crippen molar-refractivity contribution in [3.05, 3.63) is 47.5 Å². The van der Waals surface area contributed by atoms with E-state index in [-0.39, 0.29) is 18.1 Å². The number of nitrogens with zero attached hydrogens (tertiary/aromatic N) is 3. The number of anilines is 1. The van der Waals surface area contributed by atoms with Gasteiger partial charge in [0.1, 0.15) is 6.10 Å². The first-order chi connectivity index (χ1) is 11.1. The second kappa shape index (κ2) is 6.78. The maximum Gasteiger partial charge on any atom is 0.321 e. The van der Waals surface area contributed by atoms with Gasteiger partial charge in [-0.25, -0.2) is 19.2 Å². The zero-order chi connectivity index (χ0) is 16.2. The minimum absolute atomic E-state index is 0.105. The number of benzene rings is 1. The third-order valence-corrected chi connectivity index (χ3v) is 3.61. The topological polar surface area (TPSA) is 67.4 Å². The molecule has 1 saturated heterocycles. The van der Waals surface area contributed by atoms with Crippen molar-refractivity contribution in [3.63, 3.8) is 0 Å². The van der Waals surface area contributed by atoms with Crippen LogP contribution in [0.1, 0.15) is 6.42 Å². The minimum atomic E-state index is -0.522. The lowest BCUT2D eigenvalue weighted by molar-refractivity contribution is 0.183. The Kier molecular flexibility index (Phi) is 4.57. The minimum Gasteiger partial charge on any atom is -0.458 e. The summed E-state index contributed by atoms with van der Waals surface area (Å²) in [5.74, 6) is -0.522. The maximum atomic E-state index is 12.8. The van der Waals surface area contributed by atoms with Crippen molar-refractivity contribution < 1.29 is 13.9 Å². The highest BCUT2D eigenvalue weighted by molar-refractivity contribution is 6.30. The molecule has 1 aliphatic heterocycles. The molecule has 0 radical (unpaired) electrons. The predicted octanol–water partition coefficient (Wildman–Crippen LogP) is 2.95. The van der Waals surface area contributed by atoms with Crippen LogP contribution in [0.4, 0.5) is 14.9 Å². The number of carbonyl (C=O) groups is 1. The van der Waals surface area contributed by atoms with Gasteiger partial charge in [-0.1, -0.05) is 17.7 Å². The molecule has 0 aliphatic carbocycles. The Hall–Kier alpha value is -2.41. The quantitative estimate of drug-likeness (QED) is 0.935. The van der Waals surface area contributed by atoms with Crippen LogP contribution in [0.2, 0.25) is 5.02 Å². The highest BCUT2D eigenvalue weighted by Gasteiger charge is 2.28. The summed E-state index contributed by atoms with van der Waals surface area (Å²) >= 11 is 5.89. The van der Waals surface area contributed by atoms with E-state index in [1.165, 1.54) is 0 Å². The van der Waals surface area contributed by atoms with Gasteiger partial charge in [0.05, 0.1) is 18.9 Å². The Morgan fingerprint density at radius 1 is 1.39 bits per heavy atom. The van der Waals surface area contributed by atoms with E-state index in [1.54, 1.807) is 29.2 Å². The van der Waals surface area contributed by atoms with E-state index >= 15 is 0 Å². The predicted molar refractivity (Wildman–Crippen MR) is 83.1 cm³/mol. The molecule has 1 unspecified atom stereocenters. The summed E-state index contributed by atoms with van der Waals surface area (Å²) in [7, 11) is 0. The smallest absolute Gasteiger partial charge is 0.321 e. The molecular weight excluding hydrogens is 323 g/mol. The van der Waals surface area contributed by atoms with E-state index in [9.17, 15) is 9.18 Å². The Morgan fingerprint density at radius 3 is 2.91 bits per heavy atom. The van der Waals surface area contributed by atoms with Crippen LogP contribution < -0.4 is 10.1 Å². The SMILES string of the molecule is O=C(Nc1cccc(Cl)c1)N1CCC(Oc2ncc(F)cn2)C1. The van der Waals surface area contributed by atoms with Crippen molar-refractivity contribution in [2.45, 2.75) is 12.5 Å². The first kappa shape index (κ1) is 15.5. The molecule has 6 nitrogen and oxygen atoms in total. The lowest BCUT2D eigenvalue weighted by atomic mass is 10.3. The number of amides is 2. The number of aromatic nitrogens is 2. The highest BCUT2D eigenvalue weighted by atomic mass is 35.5. The summed E-state index contributed by atoms with van der Waals surface area (Å²) in [5, 5.41) is 3.34. The Morgan fingerprint density at radius 2 is 2.17 bits per heavy atom. The third-order valence-electron chi connectivity index (χ3n) is 3.38. The Labute approximate surface area is 137 Å². The molecule has 0 spiro atoms. The fraction of sp³-hybridized carbons (Fsp3) is 0.267. The molecule has 8 heteroatoms. The van der Waals surface area contributed by atoms with Gasteiger partial charge in [-0.2, -0.15) is 0 Å². The normalized spacial score (nSPS) is 17.1. The van der Waals surface area contributed by atoms with Gasteiger partial charge in [-0.3, -0.25) is 0 Å². The second-order valence-corrected chi connectivity index (χ2v) is 5.54. The molecule has 1 aromatic heterocycles. The molecule has 1 aliphatic rings. The number of rotatable bonds is 3. The van der Waals surface area contributed by atoms with Crippen LogP contribution in [-0.2, 0) is 0 Å². The van der Waals surface area contributed by atoms with E-state index in [4.69, 9.17) is 16.3 Å². The van der Waals surface area contributed by atoms with E-state index < -0.39 is 5.82 Å². The van der Waals surface area contributed by atoms with Gasteiger partial charge in [0.2, 0.25) is 0 Å². The van der Waals surface area contributed by atoms with Crippen molar-refractivity contribution in [3.8, 4) is 6.01 Å². The van der Waals surface area contributed by atoms with Crippen molar-refractivity contribution in [2.24, 2.45) is 0 Å². The molecule has 2 amide bonds. The molecule has 23 heavy (non-hydrogen) atoms. The lowest BCUT2D eigenvalue weighted by Crippen LogP contribution is -2.34. The van der Waals surface area contributed by atoms with Gasteiger partial charge in [-0.05, 0) is 18.2 Å². The summed E-state index contributed by atoms with van der Waals surface area (Å²) in [6, 6.07) is 6.82. The summed E-state index contributed by atoms with van der Waals surface area (Å²) in [4.78, 5) is 21.3. The largest absolute Gasteiger partial charge is 0.458 e. The van der Waals surface area contributed by atoms with Crippen molar-refractivity contribution in [1.29, 1.82) is 0 Å². The van der Waals surface area contributed by atoms with Crippen LogP contribution >= 0.6 is 11.6 Å². The van der Waals surface area contributed by atoms with E-state index in [1.807, 2.05) is 0 Å². The highest BCUT2D eigenvalue weighted by Crippen LogP contribution is 2.18. The molecule has 3 rings (SSSR count). The summed E-state index contributed by atoms with van der Waals surface area (Å²) in [6.07, 6.45) is 2.52. The van der Waals surface area contributed by atoms with Gasteiger partial charge in [-0.15, -0.1) is 0 Å². The Balaban J connectivity index is 1.54. The van der Waals surface area contributed by atoms with E-state index in [0.29, 0.717) is 30.2 Å². The fourth-order valence-electron chi connectivity index (χ4n) is 2.29. The van der Waals surface area contributed by atoms with E-state index in [0.717, 1.165) is 12.4 Å². The standard InChI is InChI=1S/C15H14ClFN4O2/c16-10-2-1-3-12(6-10)20-15(22)21-5-4-13(9-21)23-14-18-7-11(17)8-19-14/h1-3,6-8,13H,4-5,9H2,(H,20,22). The van der Waals surface area contributed by atoms with Crippen LogP contribution in [0.3, 0.4) is 0 Å². The molecular formula is C15H14ClFN4O2. The molecule has 0 saturated carbocycles. The number of hydrogen-bond donors (Lipinski definition) is 1. The number of likely N-dealkylation sites (tertiary alicyclic amines) is 1. The molecule has 120 valence electrons. The Bertz CT molecular complexity index is 698. The number of urea groups is 1. The number of ether oxygens (including phenoxy) is 1. The summed E-state index contributed by atoms with van der Waals surface area (Å²) < 4.78 is 18.3. The van der Waals surface area contributed by atoms with Crippen LogP contribution in [0.15, 0.2) is 36.7 Å². The average molecular weight is 337 g/mol. The van der Waals surface area contributed by atoms with Gasteiger partial charge < -0.3 is 15.0 Å². The van der Waals surface area contributed by atoms with Gasteiger partial charge in [0.15, 0.2) is 5.82 Å². The van der Waals surface area contributed by atoms with Crippen molar-refractivity contribution in [1.82, 2.24) is 14.9 Å². The molecule has 2 aromatic rings. The molecule has 0 bridgehead atoms. The average Bonchev–Trinajstić information content (AvgIpc) is 2.98. The zero-order valence-corrected chi connectivity index (χ0v) is 12.8. The van der Waals surface area contributed by atoms with Crippen LogP contribution in [0.25, 0.3) is 0 Å². The molecule has 1 N–H and O–H groups in total. The van der Waals surface area contributed by atoms with Gasteiger partial charge in [0, 0.05) is 23.7 Å². The molecule has 1 fully saturated rings. The van der Waals surface area contributed by atoms with Crippen LogP contribution in [-0.4, -0.2) is 40.1 Å². The van der Waals surface area contributed by atoms with Gasteiger partial charge >= 0.3 is 12.0 Å². The monoisotopic (exact) mass is 336 g/mol. The number of hydrogen-bond acceptors (Lipinski definition) is 4. The van der Waals surface area contributed by atoms with Crippen molar-refractivity contribution in [2.75, 3.05) is 18.4 Å². The van der Waals surface area contributed by atoms with E-state index in [2.05, 4.69) is 15.3 Å². The van der Waals surface area contributed by atoms with Crippen LogP contribution in [0.5, 0.6) is 6.01 Å². The lowest BCUT2D eigenvalue weighted by Gasteiger charge is -2.17. The second-order valence-electron chi connectivity index (χ2n) is 5.10. The first-order valence-electron chi connectivity index (χ1n) is 7.06. The fourth-order valence-corrected chi connectivity index (χ4v) is 2.48. The zero-order valence-electron chi connectivity index (χ0n) is 12.1. The van der Waals surface area contributed by atoms with Crippen molar-refractivity contribution >= 4 is 23.3 Å². The number of nitrogens with one attached hydrogen (secondary N) is 1. The maximum absolute atomic E-state index is 12.8. The van der Waals surface area contributed by atoms with Gasteiger partial charge in [0.25, 0.3) is 0 Å².